The smallest absolute Gasteiger partial charge is 0.410 e. The van der Waals surface area contributed by atoms with E-state index in [-0.39, 0.29) is 12.6 Å². The number of carbonyl (C=O) groups excluding carboxylic acids is 1. The first-order chi connectivity index (χ1) is 9.27. The lowest BCUT2D eigenvalue weighted by molar-refractivity contribution is -0.0536. The van der Waals surface area contributed by atoms with Gasteiger partial charge in [-0.15, -0.1) is 5.10 Å². The lowest BCUT2D eigenvalue weighted by atomic mass is 9.93. The lowest BCUT2D eigenvalue weighted by Gasteiger charge is -2.39. The Hall–Kier alpha value is -1.63. The number of aliphatic hydroxyl groups is 1. The van der Waals surface area contributed by atoms with Crippen molar-refractivity contribution in [2.75, 3.05) is 13.1 Å². The molecular weight excluding hydrogens is 260 g/mol. The molecule has 1 atom stereocenters. The van der Waals surface area contributed by atoms with Crippen molar-refractivity contribution in [1.82, 2.24) is 19.9 Å². The Morgan fingerprint density at radius 1 is 1.50 bits per heavy atom. The van der Waals surface area contributed by atoms with Gasteiger partial charge in [0.15, 0.2) is 0 Å². The molecule has 1 saturated heterocycles. The second-order valence-corrected chi connectivity index (χ2v) is 6.33. The number of carbonyl (C=O) groups is 1. The van der Waals surface area contributed by atoms with Crippen LogP contribution in [0.25, 0.3) is 0 Å². The molecule has 0 bridgehead atoms. The summed E-state index contributed by atoms with van der Waals surface area (Å²) in [6, 6.07) is 0. The molecule has 1 aromatic rings. The number of ether oxygens (including phenoxy) is 1. The van der Waals surface area contributed by atoms with Crippen molar-refractivity contribution >= 4 is 6.09 Å². The van der Waals surface area contributed by atoms with Crippen LogP contribution in [0.15, 0.2) is 12.4 Å². The molecule has 0 saturated carbocycles. The summed E-state index contributed by atoms with van der Waals surface area (Å²) >= 11 is 0. The number of nitrogens with zero attached hydrogens (tertiary/aromatic N) is 4. The van der Waals surface area contributed by atoms with Crippen LogP contribution in [0.1, 0.15) is 33.6 Å². The van der Waals surface area contributed by atoms with Crippen LogP contribution in [0.5, 0.6) is 0 Å². The maximum absolute atomic E-state index is 12.1. The number of amides is 1. The molecule has 1 amide bonds. The number of aromatic nitrogens is 3. The van der Waals surface area contributed by atoms with E-state index in [2.05, 4.69) is 10.3 Å². The Kier molecular flexibility index (Phi) is 3.99. The van der Waals surface area contributed by atoms with E-state index in [0.29, 0.717) is 19.5 Å². The zero-order valence-electron chi connectivity index (χ0n) is 12.2. The highest BCUT2D eigenvalue weighted by atomic mass is 16.6. The first-order valence-electron chi connectivity index (χ1n) is 6.82. The maximum atomic E-state index is 12.1. The molecule has 7 nitrogen and oxygen atoms in total. The summed E-state index contributed by atoms with van der Waals surface area (Å²) in [5.74, 6) is 0. The molecule has 0 spiro atoms. The third-order valence-corrected chi connectivity index (χ3v) is 3.14. The van der Waals surface area contributed by atoms with Crippen molar-refractivity contribution in [2.24, 2.45) is 0 Å². The summed E-state index contributed by atoms with van der Waals surface area (Å²) in [5.41, 5.74) is -1.51. The second kappa shape index (κ2) is 5.40. The van der Waals surface area contributed by atoms with Gasteiger partial charge in [0.25, 0.3) is 0 Å². The standard InChI is InChI=1S/C13H22N4O3/c1-12(2,3)20-11(18)16-7-4-5-13(19,9-16)10-17-8-6-14-15-17/h6,8,19H,4-5,7,9-10H2,1-3H3. The van der Waals surface area contributed by atoms with Crippen molar-refractivity contribution in [1.29, 1.82) is 0 Å². The molecule has 20 heavy (non-hydrogen) atoms. The summed E-state index contributed by atoms with van der Waals surface area (Å²) in [7, 11) is 0. The summed E-state index contributed by atoms with van der Waals surface area (Å²) in [4.78, 5) is 13.6. The molecule has 1 N–H and O–H groups in total. The Morgan fingerprint density at radius 2 is 2.25 bits per heavy atom. The van der Waals surface area contributed by atoms with Crippen molar-refractivity contribution in [3.05, 3.63) is 12.4 Å². The van der Waals surface area contributed by atoms with E-state index in [9.17, 15) is 9.90 Å². The summed E-state index contributed by atoms with van der Waals surface area (Å²) in [5, 5.41) is 18.2. The second-order valence-electron chi connectivity index (χ2n) is 6.33. The SMILES string of the molecule is CC(C)(C)OC(=O)N1CCCC(O)(Cn2ccnn2)C1. The molecule has 7 heteroatoms. The quantitative estimate of drug-likeness (QED) is 0.876. The van der Waals surface area contributed by atoms with Crippen LogP contribution in [0.2, 0.25) is 0 Å². The number of piperidine rings is 1. The molecular formula is C13H22N4O3. The molecule has 0 aromatic carbocycles. The van der Waals surface area contributed by atoms with E-state index in [1.165, 1.54) is 0 Å². The van der Waals surface area contributed by atoms with E-state index in [1.807, 2.05) is 20.8 Å². The van der Waals surface area contributed by atoms with E-state index in [4.69, 9.17) is 4.74 Å². The first kappa shape index (κ1) is 14.8. The van der Waals surface area contributed by atoms with Gasteiger partial charge in [0.1, 0.15) is 11.2 Å². The van der Waals surface area contributed by atoms with Gasteiger partial charge in [0, 0.05) is 12.7 Å². The molecule has 1 fully saturated rings. The first-order valence-corrected chi connectivity index (χ1v) is 6.82. The van der Waals surface area contributed by atoms with Gasteiger partial charge in [0.05, 0.1) is 19.3 Å². The van der Waals surface area contributed by atoms with Crippen LogP contribution in [0.3, 0.4) is 0 Å². The van der Waals surface area contributed by atoms with E-state index in [0.717, 1.165) is 6.42 Å². The van der Waals surface area contributed by atoms with Gasteiger partial charge in [-0.3, -0.25) is 0 Å². The van der Waals surface area contributed by atoms with E-state index >= 15 is 0 Å². The predicted molar refractivity (Wildman–Crippen MR) is 72.0 cm³/mol. The molecule has 2 heterocycles. The zero-order valence-corrected chi connectivity index (χ0v) is 12.2. The van der Waals surface area contributed by atoms with Gasteiger partial charge >= 0.3 is 6.09 Å². The molecule has 112 valence electrons. The summed E-state index contributed by atoms with van der Waals surface area (Å²) in [6.07, 6.45) is 4.26. The molecule has 1 unspecified atom stereocenters. The Labute approximate surface area is 118 Å². The minimum Gasteiger partial charge on any atom is -0.444 e. The van der Waals surface area contributed by atoms with Gasteiger partial charge in [-0.1, -0.05) is 5.21 Å². The number of likely N-dealkylation sites (tertiary alicyclic amines) is 1. The average molecular weight is 282 g/mol. The van der Waals surface area contributed by atoms with E-state index < -0.39 is 11.2 Å². The topological polar surface area (TPSA) is 80.5 Å². The molecule has 1 aliphatic rings. The fourth-order valence-corrected chi connectivity index (χ4v) is 2.34. The Morgan fingerprint density at radius 3 is 2.85 bits per heavy atom. The number of hydrogen-bond donors (Lipinski definition) is 1. The fourth-order valence-electron chi connectivity index (χ4n) is 2.34. The van der Waals surface area contributed by atoms with Gasteiger partial charge in [-0.2, -0.15) is 0 Å². The summed E-state index contributed by atoms with van der Waals surface area (Å²) in [6.45, 7) is 6.67. The maximum Gasteiger partial charge on any atom is 0.410 e. The Bertz CT molecular complexity index is 455. The molecule has 2 rings (SSSR count). The summed E-state index contributed by atoms with van der Waals surface area (Å²) < 4.78 is 6.93. The Balaban J connectivity index is 1.98. The fraction of sp³-hybridized carbons (Fsp3) is 0.769. The van der Waals surface area contributed by atoms with Gasteiger partial charge in [-0.25, -0.2) is 9.48 Å². The molecule has 1 aromatic heterocycles. The lowest BCUT2D eigenvalue weighted by Crippen LogP contribution is -2.53. The number of rotatable bonds is 2. The molecule has 0 radical (unpaired) electrons. The monoisotopic (exact) mass is 282 g/mol. The highest BCUT2D eigenvalue weighted by molar-refractivity contribution is 5.68. The third-order valence-electron chi connectivity index (χ3n) is 3.14. The zero-order chi connectivity index (χ0) is 14.8. The van der Waals surface area contributed by atoms with Crippen molar-refractivity contribution in [2.45, 2.75) is 51.4 Å². The van der Waals surface area contributed by atoms with E-state index in [1.54, 1.807) is 22.0 Å². The predicted octanol–water partition coefficient (Wildman–Crippen LogP) is 1.04. The molecule has 1 aliphatic heterocycles. The van der Waals surface area contributed by atoms with Crippen molar-refractivity contribution < 1.29 is 14.6 Å². The van der Waals surface area contributed by atoms with Crippen LogP contribution in [0.4, 0.5) is 4.79 Å². The van der Waals surface area contributed by atoms with Crippen LogP contribution in [-0.4, -0.2) is 55.4 Å². The van der Waals surface area contributed by atoms with Crippen LogP contribution < -0.4 is 0 Å². The largest absolute Gasteiger partial charge is 0.444 e. The van der Waals surface area contributed by atoms with Gasteiger partial charge < -0.3 is 14.7 Å². The van der Waals surface area contributed by atoms with Crippen LogP contribution in [0, 0.1) is 0 Å². The van der Waals surface area contributed by atoms with Crippen LogP contribution >= 0.6 is 0 Å². The number of hydrogen-bond acceptors (Lipinski definition) is 5. The normalized spacial score (nSPS) is 23.7. The average Bonchev–Trinajstić information content (AvgIpc) is 2.78. The highest BCUT2D eigenvalue weighted by Gasteiger charge is 2.37. The minimum atomic E-state index is -0.983. The van der Waals surface area contributed by atoms with Crippen molar-refractivity contribution in [3.8, 4) is 0 Å². The van der Waals surface area contributed by atoms with Crippen molar-refractivity contribution in [3.63, 3.8) is 0 Å². The highest BCUT2D eigenvalue weighted by Crippen LogP contribution is 2.24. The van der Waals surface area contributed by atoms with Gasteiger partial charge in [-0.05, 0) is 33.6 Å². The number of β-amino-alcohol motifs (C(OH)–C–C–N with tert-alkyl or cyclic N) is 1. The minimum absolute atomic E-state index is 0.252. The van der Waals surface area contributed by atoms with Crippen LogP contribution in [-0.2, 0) is 11.3 Å². The molecule has 0 aliphatic carbocycles. The third kappa shape index (κ3) is 3.93. The van der Waals surface area contributed by atoms with Gasteiger partial charge in [0.2, 0.25) is 0 Å².